The number of fused-ring (bicyclic) bond motifs is 1. The highest BCUT2D eigenvalue weighted by atomic mass is 32.1. The molecule has 0 aliphatic carbocycles. The lowest BCUT2D eigenvalue weighted by atomic mass is 10.0. The first-order valence-corrected chi connectivity index (χ1v) is 9.62. The summed E-state index contributed by atoms with van der Waals surface area (Å²) in [6.07, 6.45) is 5.59. The van der Waals surface area contributed by atoms with Gasteiger partial charge in [0.1, 0.15) is 29.1 Å². The summed E-state index contributed by atoms with van der Waals surface area (Å²) in [4.78, 5) is 16.7. The first-order chi connectivity index (χ1) is 12.2. The molecule has 0 radical (unpaired) electrons. The zero-order valence-corrected chi connectivity index (χ0v) is 15.4. The summed E-state index contributed by atoms with van der Waals surface area (Å²) in [5.74, 6) is 1.95. The molecule has 1 aliphatic rings. The second-order valence-corrected chi connectivity index (χ2v) is 7.57. The average molecular weight is 357 g/mol. The van der Waals surface area contributed by atoms with Crippen molar-refractivity contribution in [2.75, 3.05) is 18.0 Å². The summed E-state index contributed by atoms with van der Waals surface area (Å²) in [7, 11) is 0. The van der Waals surface area contributed by atoms with Gasteiger partial charge in [-0.05, 0) is 38.1 Å². The predicted molar refractivity (Wildman–Crippen MR) is 100 cm³/mol. The molecule has 4 rings (SSSR count). The van der Waals surface area contributed by atoms with Gasteiger partial charge in [-0.1, -0.05) is 0 Å². The third kappa shape index (κ3) is 3.64. The number of thiophene rings is 1. The second-order valence-electron chi connectivity index (χ2n) is 6.68. The van der Waals surface area contributed by atoms with Gasteiger partial charge in [0.25, 0.3) is 0 Å². The molecule has 0 unspecified atom stereocenters. The molecule has 1 fully saturated rings. The number of nitrogens with zero attached hydrogens (tertiary/aromatic N) is 6. The molecule has 0 amide bonds. The van der Waals surface area contributed by atoms with E-state index in [2.05, 4.69) is 43.7 Å². The van der Waals surface area contributed by atoms with Gasteiger partial charge in [-0.3, -0.25) is 4.68 Å². The van der Waals surface area contributed by atoms with E-state index < -0.39 is 0 Å². The second kappa shape index (κ2) is 7.05. The van der Waals surface area contributed by atoms with E-state index in [1.807, 2.05) is 11.6 Å². The van der Waals surface area contributed by atoms with Gasteiger partial charge in [0, 0.05) is 25.2 Å². The maximum atomic E-state index is 4.72. The van der Waals surface area contributed by atoms with Crippen molar-refractivity contribution in [2.45, 2.75) is 45.3 Å². The summed E-state index contributed by atoms with van der Waals surface area (Å²) in [5, 5.41) is 11.2. The van der Waals surface area contributed by atoms with Gasteiger partial charge in [-0.15, -0.1) is 11.3 Å². The quantitative estimate of drug-likeness (QED) is 0.755. The van der Waals surface area contributed by atoms with Crippen molar-refractivity contribution in [3.63, 3.8) is 0 Å². The molecule has 3 aromatic heterocycles. The summed E-state index contributed by atoms with van der Waals surface area (Å²) in [5.41, 5.74) is 0. The Balaban J connectivity index is 1.37. The molecule has 7 nitrogen and oxygen atoms in total. The van der Waals surface area contributed by atoms with Gasteiger partial charge in [0.05, 0.1) is 11.9 Å². The van der Waals surface area contributed by atoms with Crippen LogP contribution >= 0.6 is 11.3 Å². The van der Waals surface area contributed by atoms with Crippen LogP contribution in [0.2, 0.25) is 0 Å². The van der Waals surface area contributed by atoms with E-state index >= 15 is 0 Å². The number of piperidine rings is 1. The van der Waals surface area contributed by atoms with Gasteiger partial charge in [-0.25, -0.2) is 15.0 Å². The Bertz CT molecular complexity index is 821. The molecule has 8 heteroatoms. The standard InChI is InChI=1S/C17H23N7S/c1-12(9-24-11-18-10-19-24)20-14-3-6-23(7-4-14)16-15-5-8-25-17(15)22-13(2)21-16/h5,8,10-12,14,20H,3-4,6-7,9H2,1-2H3/t12-/m1/s1. The van der Waals surface area contributed by atoms with E-state index in [-0.39, 0.29) is 0 Å². The Labute approximate surface area is 151 Å². The van der Waals surface area contributed by atoms with Crippen LogP contribution in [0.5, 0.6) is 0 Å². The van der Waals surface area contributed by atoms with Gasteiger partial charge < -0.3 is 10.2 Å². The average Bonchev–Trinajstić information content (AvgIpc) is 3.26. The normalized spacial score (nSPS) is 17.3. The third-order valence-electron chi connectivity index (χ3n) is 4.66. The van der Waals surface area contributed by atoms with Gasteiger partial charge in [0.15, 0.2) is 0 Å². The predicted octanol–water partition coefficient (Wildman–Crippen LogP) is 2.24. The molecule has 1 atom stereocenters. The number of aromatic nitrogens is 5. The van der Waals surface area contributed by atoms with E-state index in [4.69, 9.17) is 4.98 Å². The van der Waals surface area contributed by atoms with E-state index in [0.29, 0.717) is 12.1 Å². The lowest BCUT2D eigenvalue weighted by molar-refractivity contribution is 0.347. The molecule has 132 valence electrons. The van der Waals surface area contributed by atoms with Gasteiger partial charge in [-0.2, -0.15) is 5.10 Å². The topological polar surface area (TPSA) is 71.8 Å². The molecule has 0 aromatic carbocycles. The number of anilines is 1. The van der Waals surface area contributed by atoms with Crippen molar-refractivity contribution in [1.82, 2.24) is 30.0 Å². The molecule has 1 aliphatic heterocycles. The Morgan fingerprint density at radius 1 is 1.32 bits per heavy atom. The lowest BCUT2D eigenvalue weighted by Gasteiger charge is -2.35. The summed E-state index contributed by atoms with van der Waals surface area (Å²) in [6, 6.07) is 3.05. The summed E-state index contributed by atoms with van der Waals surface area (Å²) < 4.78 is 1.88. The largest absolute Gasteiger partial charge is 0.356 e. The summed E-state index contributed by atoms with van der Waals surface area (Å²) in [6.45, 7) is 7.07. The van der Waals surface area contributed by atoms with Crippen LogP contribution in [0, 0.1) is 6.92 Å². The Morgan fingerprint density at radius 2 is 2.16 bits per heavy atom. The Morgan fingerprint density at radius 3 is 2.92 bits per heavy atom. The molecule has 4 heterocycles. The van der Waals surface area contributed by atoms with Crippen LogP contribution in [0.1, 0.15) is 25.6 Å². The minimum atomic E-state index is 0.378. The van der Waals surface area contributed by atoms with E-state index in [1.54, 1.807) is 24.0 Å². The summed E-state index contributed by atoms with van der Waals surface area (Å²) >= 11 is 1.69. The molecule has 1 saturated heterocycles. The molecule has 3 aromatic rings. The zero-order valence-electron chi connectivity index (χ0n) is 14.6. The van der Waals surface area contributed by atoms with Crippen LogP contribution in [0.3, 0.4) is 0 Å². The number of aryl methyl sites for hydroxylation is 1. The van der Waals surface area contributed by atoms with Gasteiger partial charge in [0.2, 0.25) is 0 Å². The van der Waals surface area contributed by atoms with Crippen LogP contribution in [-0.4, -0.2) is 49.9 Å². The zero-order chi connectivity index (χ0) is 17.2. The van der Waals surface area contributed by atoms with Crippen molar-refractivity contribution in [3.8, 4) is 0 Å². The Hall–Kier alpha value is -2.06. The smallest absolute Gasteiger partial charge is 0.141 e. The fraction of sp³-hybridized carbons (Fsp3) is 0.529. The minimum absolute atomic E-state index is 0.378. The highest BCUT2D eigenvalue weighted by Gasteiger charge is 2.23. The maximum absolute atomic E-state index is 4.72. The maximum Gasteiger partial charge on any atom is 0.141 e. The number of nitrogens with one attached hydrogen (secondary N) is 1. The van der Waals surface area contributed by atoms with Crippen molar-refractivity contribution < 1.29 is 0 Å². The fourth-order valence-electron chi connectivity index (χ4n) is 3.51. The van der Waals surface area contributed by atoms with E-state index in [1.165, 1.54) is 5.39 Å². The molecule has 0 saturated carbocycles. The van der Waals surface area contributed by atoms with Crippen LogP contribution in [0.25, 0.3) is 10.2 Å². The first kappa shape index (κ1) is 16.4. The highest BCUT2D eigenvalue weighted by Crippen LogP contribution is 2.29. The molecule has 25 heavy (non-hydrogen) atoms. The van der Waals surface area contributed by atoms with Crippen LogP contribution in [-0.2, 0) is 6.54 Å². The number of hydrogen-bond donors (Lipinski definition) is 1. The van der Waals surface area contributed by atoms with Crippen molar-refractivity contribution in [1.29, 1.82) is 0 Å². The molecule has 0 bridgehead atoms. The lowest BCUT2D eigenvalue weighted by Crippen LogP contribution is -2.46. The minimum Gasteiger partial charge on any atom is -0.356 e. The van der Waals surface area contributed by atoms with Crippen molar-refractivity contribution >= 4 is 27.4 Å². The monoisotopic (exact) mass is 357 g/mol. The molecular weight excluding hydrogens is 334 g/mol. The first-order valence-electron chi connectivity index (χ1n) is 8.74. The highest BCUT2D eigenvalue weighted by molar-refractivity contribution is 7.16. The van der Waals surface area contributed by atoms with E-state index in [0.717, 1.165) is 48.9 Å². The number of rotatable bonds is 5. The van der Waals surface area contributed by atoms with Crippen molar-refractivity contribution in [2.24, 2.45) is 0 Å². The molecule has 0 spiro atoms. The van der Waals surface area contributed by atoms with Crippen LogP contribution in [0.15, 0.2) is 24.1 Å². The Kier molecular flexibility index (Phi) is 4.63. The molecule has 1 N–H and O–H groups in total. The van der Waals surface area contributed by atoms with Crippen molar-refractivity contribution in [3.05, 3.63) is 29.9 Å². The SMILES string of the molecule is Cc1nc(N2CCC(N[C@H](C)Cn3cncn3)CC2)c2ccsc2n1. The van der Waals surface area contributed by atoms with E-state index in [9.17, 15) is 0 Å². The molecular formula is C17H23N7S. The fourth-order valence-corrected chi connectivity index (χ4v) is 4.31. The van der Waals surface area contributed by atoms with Crippen LogP contribution < -0.4 is 10.2 Å². The number of hydrogen-bond acceptors (Lipinski definition) is 7. The van der Waals surface area contributed by atoms with Gasteiger partial charge >= 0.3 is 0 Å². The van der Waals surface area contributed by atoms with Crippen LogP contribution in [0.4, 0.5) is 5.82 Å². The third-order valence-corrected chi connectivity index (χ3v) is 5.47.